The maximum atomic E-state index is 11.9. The lowest BCUT2D eigenvalue weighted by molar-refractivity contribution is 0.0879. The molecule has 3 aromatic carbocycles. The maximum Gasteiger partial charge on any atom is 0.259 e. The van der Waals surface area contributed by atoms with Gasteiger partial charge in [0.1, 0.15) is 11.2 Å². The number of rotatable bonds is 0. The first-order chi connectivity index (χ1) is 12.2. The molecule has 2 amide bonds. The first-order valence-electron chi connectivity index (χ1n) is 7.78. The Morgan fingerprint density at radius 2 is 1.04 bits per heavy atom. The number of para-hydroxylation sites is 2. The molecule has 0 saturated carbocycles. The largest absolute Gasteiger partial charge is 0.453 e. The van der Waals surface area contributed by atoms with Crippen LogP contribution in [0.4, 0.5) is 0 Å². The summed E-state index contributed by atoms with van der Waals surface area (Å²) in [5.41, 5.74) is 2.68. The van der Waals surface area contributed by atoms with Gasteiger partial charge >= 0.3 is 0 Å². The fraction of sp³-hybridized carbons (Fsp3) is 0. The van der Waals surface area contributed by atoms with Crippen LogP contribution in [0.5, 0.6) is 0 Å². The van der Waals surface area contributed by atoms with E-state index < -0.39 is 11.8 Å². The molecule has 25 heavy (non-hydrogen) atoms. The number of amides is 2. The van der Waals surface area contributed by atoms with Crippen molar-refractivity contribution >= 4 is 44.9 Å². The van der Waals surface area contributed by atoms with E-state index in [2.05, 4.69) is 5.32 Å². The summed E-state index contributed by atoms with van der Waals surface area (Å²) in [5, 5.41) is 4.07. The van der Waals surface area contributed by atoms with Crippen LogP contribution < -0.4 is 5.32 Å². The van der Waals surface area contributed by atoms with Gasteiger partial charge in [-0.2, -0.15) is 0 Å². The Morgan fingerprint density at radius 1 is 0.600 bits per heavy atom. The summed E-state index contributed by atoms with van der Waals surface area (Å²) in [6.07, 6.45) is 0. The molecular formula is C20H11NO4. The first-order valence-corrected chi connectivity index (χ1v) is 7.78. The van der Waals surface area contributed by atoms with Crippen molar-refractivity contribution in [3.05, 3.63) is 71.8 Å². The van der Waals surface area contributed by atoms with Crippen molar-refractivity contribution in [2.45, 2.75) is 0 Å². The molecule has 0 atom stereocenters. The average Bonchev–Trinajstić information content (AvgIpc) is 2.88. The fourth-order valence-corrected chi connectivity index (χ4v) is 3.13. The van der Waals surface area contributed by atoms with Crippen molar-refractivity contribution in [3.8, 4) is 0 Å². The van der Waals surface area contributed by atoms with Gasteiger partial charge < -0.3 is 8.83 Å². The zero-order chi connectivity index (χ0) is 17.0. The van der Waals surface area contributed by atoms with Gasteiger partial charge in [0.05, 0.1) is 11.1 Å². The van der Waals surface area contributed by atoms with Crippen molar-refractivity contribution in [3.63, 3.8) is 0 Å². The van der Waals surface area contributed by atoms with Crippen molar-refractivity contribution in [1.82, 2.24) is 5.32 Å². The third-order valence-electron chi connectivity index (χ3n) is 4.30. The molecule has 1 aliphatic rings. The molecule has 2 heterocycles. The van der Waals surface area contributed by atoms with E-state index in [0.29, 0.717) is 33.5 Å². The minimum absolute atomic E-state index is 0.290. The number of benzene rings is 3. The quantitative estimate of drug-likeness (QED) is 0.487. The minimum Gasteiger partial charge on any atom is -0.453 e. The van der Waals surface area contributed by atoms with Crippen LogP contribution in [0, 0.1) is 0 Å². The molecule has 1 N–H and O–H groups in total. The van der Waals surface area contributed by atoms with Crippen LogP contribution in [0.15, 0.2) is 69.5 Å². The summed E-state index contributed by atoms with van der Waals surface area (Å²) in [6.45, 7) is 0. The minimum atomic E-state index is -0.429. The lowest BCUT2D eigenvalue weighted by Crippen LogP contribution is -2.19. The van der Waals surface area contributed by atoms with Gasteiger partial charge in [-0.15, -0.1) is 0 Å². The topological polar surface area (TPSA) is 72.5 Å². The highest BCUT2D eigenvalue weighted by Gasteiger charge is 2.28. The number of hydrogen-bond donors (Lipinski definition) is 1. The fourth-order valence-electron chi connectivity index (χ4n) is 3.13. The second-order valence-electron chi connectivity index (χ2n) is 5.82. The number of fused-ring (bicyclic) bond motifs is 5. The van der Waals surface area contributed by atoms with E-state index in [-0.39, 0.29) is 0 Å². The molecule has 1 aromatic heterocycles. The SMILES string of the molecule is O=C1NC(=O)c2cc3oc4ccccc4c4ccccc4oc3cc21. The molecule has 0 aliphatic carbocycles. The molecule has 0 saturated heterocycles. The normalized spacial score (nSPS) is 13.3. The van der Waals surface area contributed by atoms with Crippen LogP contribution in [0.2, 0.25) is 0 Å². The molecule has 5 rings (SSSR count). The van der Waals surface area contributed by atoms with Crippen LogP contribution in [0.1, 0.15) is 20.7 Å². The summed E-state index contributed by atoms with van der Waals surface area (Å²) in [6, 6.07) is 18.3. The van der Waals surface area contributed by atoms with Crippen molar-refractivity contribution in [2.24, 2.45) is 0 Å². The molecular weight excluding hydrogens is 318 g/mol. The number of nitrogens with one attached hydrogen (secondary N) is 1. The second kappa shape index (κ2) is 4.95. The van der Waals surface area contributed by atoms with Gasteiger partial charge in [0.2, 0.25) is 0 Å². The lowest BCUT2D eigenvalue weighted by Gasteiger charge is -2.04. The maximum absolute atomic E-state index is 11.9. The van der Waals surface area contributed by atoms with E-state index in [4.69, 9.17) is 8.83 Å². The zero-order valence-corrected chi connectivity index (χ0v) is 12.9. The van der Waals surface area contributed by atoms with Crippen LogP contribution in [0.3, 0.4) is 0 Å². The molecule has 0 fully saturated rings. The highest BCUT2D eigenvalue weighted by Crippen LogP contribution is 2.29. The molecule has 0 radical (unpaired) electrons. The van der Waals surface area contributed by atoms with Gasteiger partial charge in [-0.3, -0.25) is 14.9 Å². The summed E-state index contributed by atoms with van der Waals surface area (Å²) in [5.74, 6) is -0.857. The van der Waals surface area contributed by atoms with Crippen LogP contribution >= 0.6 is 0 Å². The molecule has 5 heteroatoms. The number of hydrogen-bond acceptors (Lipinski definition) is 4. The van der Waals surface area contributed by atoms with Gasteiger partial charge in [-0.25, -0.2) is 0 Å². The van der Waals surface area contributed by atoms with Crippen LogP contribution in [-0.2, 0) is 0 Å². The van der Waals surface area contributed by atoms with Gasteiger partial charge in [0.15, 0.2) is 11.2 Å². The first kappa shape index (κ1) is 13.8. The number of carbonyl (C=O) groups is 2. The van der Waals surface area contributed by atoms with E-state index in [1.165, 1.54) is 0 Å². The molecule has 5 nitrogen and oxygen atoms in total. The standard InChI is InChI=1S/C20H11NO4/c22-19-13-9-17-18(10-14(13)20(23)21-19)25-16-8-4-2-6-12(16)11-5-1-3-7-15(11)24-17/h1-10H,(H,21,22,23). The van der Waals surface area contributed by atoms with E-state index >= 15 is 0 Å². The molecule has 0 spiro atoms. The molecule has 1 aliphatic heterocycles. The van der Waals surface area contributed by atoms with Gasteiger partial charge in [-0.1, -0.05) is 36.4 Å². The van der Waals surface area contributed by atoms with Crippen molar-refractivity contribution in [1.29, 1.82) is 0 Å². The average molecular weight is 329 g/mol. The highest BCUT2D eigenvalue weighted by molar-refractivity contribution is 6.22. The molecule has 0 bridgehead atoms. The zero-order valence-electron chi connectivity index (χ0n) is 12.9. The van der Waals surface area contributed by atoms with Crippen molar-refractivity contribution in [2.75, 3.05) is 0 Å². The third kappa shape index (κ3) is 2.03. The predicted octanol–water partition coefficient (Wildman–Crippen LogP) is 4.34. The molecule has 120 valence electrons. The smallest absolute Gasteiger partial charge is 0.259 e. The third-order valence-corrected chi connectivity index (χ3v) is 4.30. The van der Waals surface area contributed by atoms with Gasteiger partial charge in [0, 0.05) is 10.8 Å². The Hall–Kier alpha value is -3.60. The number of carbonyl (C=O) groups excluding carboxylic acids is 2. The van der Waals surface area contributed by atoms with Crippen LogP contribution in [-0.4, -0.2) is 11.8 Å². The van der Waals surface area contributed by atoms with Crippen molar-refractivity contribution < 1.29 is 18.4 Å². The summed E-state index contributed by atoms with van der Waals surface area (Å²) < 4.78 is 12.1. The Bertz CT molecular complexity index is 1160. The summed E-state index contributed by atoms with van der Waals surface area (Å²) >= 11 is 0. The molecule has 0 unspecified atom stereocenters. The Labute approximate surface area is 141 Å². The van der Waals surface area contributed by atoms with E-state index in [9.17, 15) is 9.59 Å². The Balaban J connectivity index is 2.04. The Morgan fingerprint density at radius 3 is 1.52 bits per heavy atom. The summed E-state index contributed by atoms with van der Waals surface area (Å²) in [4.78, 5) is 23.9. The van der Waals surface area contributed by atoms with Gasteiger partial charge in [-0.05, 0) is 24.3 Å². The predicted molar refractivity (Wildman–Crippen MR) is 92.9 cm³/mol. The van der Waals surface area contributed by atoms with Crippen LogP contribution in [0.25, 0.3) is 33.1 Å². The van der Waals surface area contributed by atoms with E-state index in [0.717, 1.165) is 10.8 Å². The Kier molecular flexibility index (Phi) is 2.73. The second-order valence-corrected chi connectivity index (χ2v) is 5.82. The van der Waals surface area contributed by atoms with E-state index in [1.807, 2.05) is 48.5 Å². The van der Waals surface area contributed by atoms with E-state index in [1.54, 1.807) is 12.1 Å². The molecule has 4 aromatic rings. The summed E-state index contributed by atoms with van der Waals surface area (Å²) in [7, 11) is 0. The van der Waals surface area contributed by atoms with Gasteiger partial charge in [0.25, 0.3) is 11.8 Å². The lowest BCUT2D eigenvalue weighted by atomic mass is 10.1. The highest BCUT2D eigenvalue weighted by atomic mass is 16.4. The monoisotopic (exact) mass is 329 g/mol. The number of imide groups is 1.